The summed E-state index contributed by atoms with van der Waals surface area (Å²) in [5.41, 5.74) is 5.50. The minimum absolute atomic E-state index is 0.0178. The Bertz CT molecular complexity index is 431. The maximum absolute atomic E-state index is 12.0. The van der Waals surface area contributed by atoms with E-state index in [4.69, 9.17) is 5.73 Å². The Morgan fingerprint density at radius 2 is 2.00 bits per heavy atom. The molecule has 1 aromatic carbocycles. The largest absolute Gasteiger partial charge is 0.573 e. The van der Waals surface area contributed by atoms with Crippen LogP contribution in [0.1, 0.15) is 17.3 Å². The summed E-state index contributed by atoms with van der Waals surface area (Å²) in [6, 6.07) is 2.15. The lowest BCUT2D eigenvalue weighted by Gasteiger charge is -2.12. The Labute approximate surface area is 97.5 Å². The van der Waals surface area contributed by atoms with Crippen molar-refractivity contribution in [1.82, 2.24) is 0 Å². The Kier molecular flexibility index (Phi) is 3.47. The van der Waals surface area contributed by atoms with Crippen LogP contribution in [-0.4, -0.2) is 12.1 Å². The Morgan fingerprint density at radius 1 is 1.44 bits per heavy atom. The van der Waals surface area contributed by atoms with Gasteiger partial charge in [-0.1, -0.05) is 0 Å². The van der Waals surface area contributed by atoms with Gasteiger partial charge in [0.2, 0.25) is 0 Å². The topological polar surface area (TPSA) is 52.3 Å². The van der Waals surface area contributed by atoms with Crippen molar-refractivity contribution in [2.75, 3.05) is 5.73 Å². The Balaban J connectivity index is 3.16. The predicted molar refractivity (Wildman–Crippen MR) is 55.2 cm³/mol. The number of nitrogen functional groups attached to an aromatic ring is 1. The zero-order valence-corrected chi connectivity index (χ0v) is 9.65. The molecule has 1 rings (SSSR count). The van der Waals surface area contributed by atoms with Crippen molar-refractivity contribution in [2.45, 2.75) is 13.3 Å². The van der Waals surface area contributed by atoms with E-state index in [2.05, 4.69) is 20.7 Å². The highest BCUT2D eigenvalue weighted by molar-refractivity contribution is 9.10. The van der Waals surface area contributed by atoms with Gasteiger partial charge in [0.15, 0.2) is 5.78 Å². The van der Waals surface area contributed by atoms with E-state index in [0.29, 0.717) is 0 Å². The van der Waals surface area contributed by atoms with Gasteiger partial charge in [0.1, 0.15) is 5.75 Å². The molecule has 3 nitrogen and oxygen atoms in total. The number of ether oxygens (including phenoxy) is 1. The van der Waals surface area contributed by atoms with E-state index in [1.165, 1.54) is 13.0 Å². The van der Waals surface area contributed by atoms with Crippen molar-refractivity contribution in [3.05, 3.63) is 22.2 Å². The van der Waals surface area contributed by atoms with Crippen molar-refractivity contribution < 1.29 is 22.7 Å². The summed E-state index contributed by atoms with van der Waals surface area (Å²) in [5.74, 6) is -0.813. The summed E-state index contributed by atoms with van der Waals surface area (Å²) >= 11 is 2.87. The fourth-order valence-corrected chi connectivity index (χ4v) is 1.50. The van der Waals surface area contributed by atoms with E-state index in [1.807, 2.05) is 0 Å². The third-order valence-electron chi connectivity index (χ3n) is 1.71. The fourth-order valence-electron chi connectivity index (χ4n) is 1.08. The van der Waals surface area contributed by atoms with Crippen molar-refractivity contribution in [3.8, 4) is 5.75 Å². The molecule has 16 heavy (non-hydrogen) atoms. The minimum atomic E-state index is -4.80. The van der Waals surface area contributed by atoms with E-state index >= 15 is 0 Å². The fraction of sp³-hybridized carbons (Fsp3) is 0.222. The summed E-state index contributed by atoms with van der Waals surface area (Å²) in [6.45, 7) is 1.27. The molecule has 0 unspecified atom stereocenters. The molecule has 1 aromatic rings. The first-order valence-corrected chi connectivity index (χ1v) is 4.85. The molecule has 0 saturated heterocycles. The monoisotopic (exact) mass is 297 g/mol. The van der Waals surface area contributed by atoms with Crippen molar-refractivity contribution >= 4 is 27.4 Å². The number of benzene rings is 1. The standard InChI is InChI=1S/C9H7BrF3NO2/c1-4(15)5-2-6(10)8(3-7(5)14)16-9(11,12)13/h2-3H,14H2,1H3. The van der Waals surface area contributed by atoms with E-state index < -0.39 is 12.1 Å². The molecule has 0 aliphatic heterocycles. The number of hydrogen-bond acceptors (Lipinski definition) is 3. The molecule has 0 aliphatic rings. The van der Waals surface area contributed by atoms with Crippen LogP contribution in [0.4, 0.5) is 18.9 Å². The highest BCUT2D eigenvalue weighted by Gasteiger charge is 2.32. The van der Waals surface area contributed by atoms with Gasteiger partial charge in [-0.15, -0.1) is 13.2 Å². The van der Waals surface area contributed by atoms with Gasteiger partial charge in [0.25, 0.3) is 0 Å². The summed E-state index contributed by atoms with van der Waals surface area (Å²) in [7, 11) is 0. The molecular weight excluding hydrogens is 291 g/mol. The number of carbonyl (C=O) groups excluding carboxylic acids is 1. The highest BCUT2D eigenvalue weighted by atomic mass is 79.9. The smallest absolute Gasteiger partial charge is 0.405 e. The van der Waals surface area contributed by atoms with E-state index in [-0.39, 0.29) is 21.5 Å². The first kappa shape index (κ1) is 12.8. The quantitative estimate of drug-likeness (QED) is 0.674. The van der Waals surface area contributed by atoms with Gasteiger partial charge >= 0.3 is 6.36 Å². The van der Waals surface area contributed by atoms with Crippen LogP contribution in [0.3, 0.4) is 0 Å². The van der Waals surface area contributed by atoms with Crippen LogP contribution >= 0.6 is 15.9 Å². The van der Waals surface area contributed by atoms with Crippen LogP contribution in [0.25, 0.3) is 0 Å². The number of nitrogens with two attached hydrogens (primary N) is 1. The maximum atomic E-state index is 12.0. The molecule has 0 saturated carbocycles. The number of alkyl halides is 3. The van der Waals surface area contributed by atoms with Gasteiger partial charge in [0, 0.05) is 17.3 Å². The lowest BCUT2D eigenvalue weighted by atomic mass is 10.1. The lowest BCUT2D eigenvalue weighted by Crippen LogP contribution is -2.17. The molecule has 0 amide bonds. The number of halogens is 4. The molecule has 0 aliphatic carbocycles. The van der Waals surface area contributed by atoms with Gasteiger partial charge in [-0.25, -0.2) is 0 Å². The average Bonchev–Trinajstić information content (AvgIpc) is 2.07. The Hall–Kier alpha value is -1.24. The highest BCUT2D eigenvalue weighted by Crippen LogP contribution is 2.34. The molecule has 0 heterocycles. The summed E-state index contributed by atoms with van der Waals surface area (Å²) in [5, 5.41) is 0. The first-order valence-electron chi connectivity index (χ1n) is 4.06. The summed E-state index contributed by atoms with van der Waals surface area (Å²) < 4.78 is 39.6. The van der Waals surface area contributed by atoms with E-state index in [0.717, 1.165) is 6.07 Å². The number of rotatable bonds is 2. The normalized spacial score (nSPS) is 11.3. The molecule has 0 aromatic heterocycles. The van der Waals surface area contributed by atoms with Crippen LogP contribution < -0.4 is 10.5 Å². The third-order valence-corrected chi connectivity index (χ3v) is 2.33. The van der Waals surface area contributed by atoms with Crippen LogP contribution in [0.2, 0.25) is 0 Å². The molecule has 0 fully saturated rings. The molecule has 2 N–H and O–H groups in total. The molecule has 0 spiro atoms. The van der Waals surface area contributed by atoms with Crippen LogP contribution in [0, 0.1) is 0 Å². The second kappa shape index (κ2) is 4.32. The summed E-state index contributed by atoms with van der Waals surface area (Å²) in [6.07, 6.45) is -4.80. The zero-order valence-electron chi connectivity index (χ0n) is 8.06. The second-order valence-electron chi connectivity index (χ2n) is 2.97. The lowest BCUT2D eigenvalue weighted by molar-refractivity contribution is -0.274. The zero-order chi connectivity index (χ0) is 12.5. The van der Waals surface area contributed by atoms with Crippen LogP contribution in [-0.2, 0) is 0 Å². The molecule has 7 heteroatoms. The number of ketones is 1. The summed E-state index contributed by atoms with van der Waals surface area (Å²) in [4.78, 5) is 11.1. The van der Waals surface area contributed by atoms with Crippen molar-refractivity contribution in [2.24, 2.45) is 0 Å². The van der Waals surface area contributed by atoms with Crippen LogP contribution in [0.15, 0.2) is 16.6 Å². The number of anilines is 1. The van der Waals surface area contributed by atoms with Gasteiger partial charge in [-0.3, -0.25) is 4.79 Å². The SMILES string of the molecule is CC(=O)c1cc(Br)c(OC(F)(F)F)cc1N. The van der Waals surface area contributed by atoms with Gasteiger partial charge < -0.3 is 10.5 Å². The number of hydrogen-bond donors (Lipinski definition) is 1. The molecule has 0 atom stereocenters. The molecule has 88 valence electrons. The molecule has 0 radical (unpaired) electrons. The number of Topliss-reactive ketones (excluding diaryl/α,β-unsaturated/α-hetero) is 1. The molecule has 0 bridgehead atoms. The number of carbonyl (C=O) groups is 1. The Morgan fingerprint density at radius 3 is 2.44 bits per heavy atom. The van der Waals surface area contributed by atoms with E-state index in [1.54, 1.807) is 0 Å². The van der Waals surface area contributed by atoms with Crippen molar-refractivity contribution in [3.63, 3.8) is 0 Å². The first-order chi connectivity index (χ1) is 7.20. The average molecular weight is 298 g/mol. The predicted octanol–water partition coefficient (Wildman–Crippen LogP) is 3.13. The van der Waals surface area contributed by atoms with Crippen molar-refractivity contribution in [1.29, 1.82) is 0 Å². The van der Waals surface area contributed by atoms with Gasteiger partial charge in [-0.05, 0) is 28.9 Å². The molecular formula is C9H7BrF3NO2. The van der Waals surface area contributed by atoms with Gasteiger partial charge in [-0.2, -0.15) is 0 Å². The second-order valence-corrected chi connectivity index (χ2v) is 3.83. The minimum Gasteiger partial charge on any atom is -0.405 e. The van der Waals surface area contributed by atoms with Crippen LogP contribution in [0.5, 0.6) is 5.75 Å². The van der Waals surface area contributed by atoms with Gasteiger partial charge in [0.05, 0.1) is 4.47 Å². The van der Waals surface area contributed by atoms with E-state index in [9.17, 15) is 18.0 Å². The maximum Gasteiger partial charge on any atom is 0.573 e. The third kappa shape index (κ3) is 3.13.